The molecule has 0 radical (unpaired) electrons. The Hall–Kier alpha value is -3.80. The summed E-state index contributed by atoms with van der Waals surface area (Å²) in [5.41, 5.74) is 1.54. The number of carbonyl (C=O) groups is 2. The van der Waals surface area contributed by atoms with Gasteiger partial charge in [-0.15, -0.1) is 0 Å². The number of nitrogens with zero attached hydrogens (tertiary/aromatic N) is 3. The average molecular weight is 584 g/mol. The molecule has 2 N–H and O–H groups in total. The molecule has 0 spiro atoms. The van der Waals surface area contributed by atoms with Crippen molar-refractivity contribution in [2.75, 3.05) is 43.5 Å². The van der Waals surface area contributed by atoms with Gasteiger partial charge in [0.15, 0.2) is 0 Å². The molecule has 1 amide bonds. The van der Waals surface area contributed by atoms with Gasteiger partial charge in [0.05, 0.1) is 28.9 Å². The van der Waals surface area contributed by atoms with Crippen molar-refractivity contribution in [2.45, 2.75) is 38.4 Å². The molecule has 0 saturated carbocycles. The number of rotatable bonds is 9. The first-order valence-electron chi connectivity index (χ1n) is 13.5. The summed E-state index contributed by atoms with van der Waals surface area (Å²) in [5.74, 6) is -0.294. The van der Waals surface area contributed by atoms with Gasteiger partial charge in [0.2, 0.25) is 5.91 Å². The van der Waals surface area contributed by atoms with E-state index in [0.717, 1.165) is 19.3 Å². The van der Waals surface area contributed by atoms with E-state index in [1.165, 1.54) is 24.5 Å². The third kappa shape index (κ3) is 7.69. The van der Waals surface area contributed by atoms with Gasteiger partial charge in [-0.05, 0) is 50.5 Å². The first kappa shape index (κ1) is 28.7. The predicted octanol–water partition coefficient (Wildman–Crippen LogP) is 4.86. The summed E-state index contributed by atoms with van der Waals surface area (Å²) in [4.78, 5) is 35.3. The lowest BCUT2D eigenvalue weighted by Gasteiger charge is -2.29. The molecular formula is C29H31ClFN5O5. The second-order valence-electron chi connectivity index (χ2n) is 10.0. The number of morpholine rings is 1. The van der Waals surface area contributed by atoms with Crippen molar-refractivity contribution in [2.24, 2.45) is 0 Å². The summed E-state index contributed by atoms with van der Waals surface area (Å²) in [6.45, 7) is 4.06. The molecular weight excluding hydrogens is 553 g/mol. The Bertz CT molecular complexity index is 1450. The Balaban J connectivity index is 1.37. The van der Waals surface area contributed by atoms with E-state index in [-0.39, 0.29) is 35.7 Å². The SMILES string of the molecule is CC1CN(CC=CC(=O)Nc2cc3c(Nc4ccc(F)c(Cl)c4)ncnc3cc2OCC2CCCCO2)CC(=O)O1. The molecule has 3 aromatic rings. The topological polar surface area (TPSA) is 115 Å². The number of hydrogen-bond donors (Lipinski definition) is 2. The fourth-order valence-electron chi connectivity index (χ4n) is 4.76. The first-order valence-corrected chi connectivity index (χ1v) is 13.9. The summed E-state index contributed by atoms with van der Waals surface area (Å²) >= 11 is 5.95. The Morgan fingerprint density at radius 1 is 1.27 bits per heavy atom. The van der Waals surface area contributed by atoms with Gasteiger partial charge >= 0.3 is 5.97 Å². The zero-order valence-electron chi connectivity index (χ0n) is 22.6. The third-order valence-electron chi connectivity index (χ3n) is 6.71. The van der Waals surface area contributed by atoms with Gasteiger partial charge in [-0.1, -0.05) is 17.7 Å². The van der Waals surface area contributed by atoms with Gasteiger partial charge < -0.3 is 24.8 Å². The number of benzene rings is 2. The third-order valence-corrected chi connectivity index (χ3v) is 7.00. The monoisotopic (exact) mass is 583 g/mol. The number of nitrogens with one attached hydrogen (secondary N) is 2. The van der Waals surface area contributed by atoms with Crippen LogP contribution in [0.15, 0.2) is 48.8 Å². The number of cyclic esters (lactones) is 1. The van der Waals surface area contributed by atoms with Crippen LogP contribution in [0.4, 0.5) is 21.6 Å². The van der Waals surface area contributed by atoms with E-state index >= 15 is 0 Å². The Morgan fingerprint density at radius 3 is 2.93 bits per heavy atom. The van der Waals surface area contributed by atoms with Gasteiger partial charge in [-0.3, -0.25) is 14.5 Å². The summed E-state index contributed by atoms with van der Waals surface area (Å²) in [6.07, 6.45) is 7.30. The van der Waals surface area contributed by atoms with Crippen LogP contribution in [0, 0.1) is 5.82 Å². The number of ether oxygens (including phenoxy) is 3. The lowest BCUT2D eigenvalue weighted by Crippen LogP contribution is -2.44. The Kier molecular flexibility index (Phi) is 9.28. The number of halogens is 2. The van der Waals surface area contributed by atoms with Gasteiger partial charge in [-0.25, -0.2) is 14.4 Å². The quantitative estimate of drug-likeness (QED) is 0.269. The number of carbonyl (C=O) groups excluding carboxylic acids is 2. The fraction of sp³-hybridized carbons (Fsp3) is 0.379. The molecule has 2 fully saturated rings. The largest absolute Gasteiger partial charge is 0.489 e. The predicted molar refractivity (Wildman–Crippen MR) is 153 cm³/mol. The van der Waals surface area contributed by atoms with E-state index in [9.17, 15) is 14.0 Å². The van der Waals surface area contributed by atoms with Crippen LogP contribution in [0.1, 0.15) is 26.2 Å². The normalized spacial score (nSPS) is 19.7. The molecule has 2 saturated heterocycles. The van der Waals surface area contributed by atoms with Crippen molar-refractivity contribution >= 4 is 51.6 Å². The Morgan fingerprint density at radius 2 is 2.15 bits per heavy atom. The van der Waals surface area contributed by atoms with Gasteiger partial charge in [-0.2, -0.15) is 0 Å². The van der Waals surface area contributed by atoms with E-state index < -0.39 is 5.82 Å². The zero-order chi connectivity index (χ0) is 28.8. The summed E-state index contributed by atoms with van der Waals surface area (Å²) in [6, 6.07) is 7.74. The summed E-state index contributed by atoms with van der Waals surface area (Å²) in [5, 5.41) is 6.62. The number of amides is 1. The smallest absolute Gasteiger partial charge is 0.320 e. The van der Waals surface area contributed by atoms with Crippen molar-refractivity contribution in [3.8, 4) is 5.75 Å². The van der Waals surface area contributed by atoms with E-state index in [1.54, 1.807) is 24.3 Å². The van der Waals surface area contributed by atoms with E-state index in [2.05, 4.69) is 20.6 Å². The van der Waals surface area contributed by atoms with E-state index in [4.69, 9.17) is 25.8 Å². The number of anilines is 3. The van der Waals surface area contributed by atoms with Crippen LogP contribution in [0.2, 0.25) is 5.02 Å². The minimum absolute atomic E-state index is 0.0235. The molecule has 5 rings (SSSR count). The zero-order valence-corrected chi connectivity index (χ0v) is 23.3. The van der Waals surface area contributed by atoms with Crippen molar-refractivity contribution in [3.63, 3.8) is 0 Å². The Labute approximate surface area is 241 Å². The standard InChI is InChI=1S/C29H31ClFN5O5/c1-18-14-36(15-28(38)41-18)9-4-6-27(37)35-25-12-21-24(13-26(25)40-16-20-5-2-3-10-39-20)32-17-33-29(21)34-19-7-8-23(31)22(30)11-19/h4,6-8,11-13,17-18,20H,2-3,5,9-10,14-16H2,1H3,(H,35,37)(H,32,33,34). The minimum atomic E-state index is -0.527. The van der Waals surface area contributed by atoms with E-state index in [0.29, 0.717) is 60.1 Å². The van der Waals surface area contributed by atoms with Crippen molar-refractivity contribution < 1.29 is 28.2 Å². The van der Waals surface area contributed by atoms with Gasteiger partial charge in [0.25, 0.3) is 0 Å². The second kappa shape index (κ2) is 13.2. The van der Waals surface area contributed by atoms with Crippen molar-refractivity contribution in [1.82, 2.24) is 14.9 Å². The summed E-state index contributed by atoms with van der Waals surface area (Å²) < 4.78 is 30.8. The number of hydrogen-bond acceptors (Lipinski definition) is 9. The minimum Gasteiger partial charge on any atom is -0.489 e. The summed E-state index contributed by atoms with van der Waals surface area (Å²) in [7, 11) is 0. The fourth-order valence-corrected chi connectivity index (χ4v) is 4.95. The molecule has 1 aromatic heterocycles. The molecule has 12 heteroatoms. The number of fused-ring (bicyclic) bond motifs is 1. The van der Waals surface area contributed by atoms with Crippen LogP contribution in [-0.4, -0.2) is 71.8 Å². The van der Waals surface area contributed by atoms with Crippen LogP contribution in [-0.2, 0) is 19.1 Å². The molecule has 3 heterocycles. The van der Waals surface area contributed by atoms with Crippen LogP contribution in [0.5, 0.6) is 5.75 Å². The van der Waals surface area contributed by atoms with E-state index in [1.807, 2.05) is 11.8 Å². The molecule has 2 unspecified atom stereocenters. The highest BCUT2D eigenvalue weighted by molar-refractivity contribution is 6.31. The van der Waals surface area contributed by atoms with Crippen molar-refractivity contribution in [1.29, 1.82) is 0 Å². The second-order valence-corrected chi connectivity index (χ2v) is 10.4. The molecule has 0 bridgehead atoms. The van der Waals surface area contributed by atoms with Crippen LogP contribution >= 0.6 is 11.6 Å². The van der Waals surface area contributed by atoms with Gasteiger partial charge in [0.1, 0.15) is 36.4 Å². The highest BCUT2D eigenvalue weighted by atomic mass is 35.5. The average Bonchev–Trinajstić information content (AvgIpc) is 2.94. The number of esters is 1. The van der Waals surface area contributed by atoms with Crippen LogP contribution in [0.25, 0.3) is 10.9 Å². The molecule has 2 atom stereocenters. The lowest BCUT2D eigenvalue weighted by atomic mass is 10.1. The molecule has 2 aromatic carbocycles. The lowest BCUT2D eigenvalue weighted by molar-refractivity contribution is -0.156. The molecule has 216 valence electrons. The molecule has 10 nitrogen and oxygen atoms in total. The van der Waals surface area contributed by atoms with Crippen LogP contribution < -0.4 is 15.4 Å². The maximum Gasteiger partial charge on any atom is 0.320 e. The van der Waals surface area contributed by atoms with Gasteiger partial charge in [0, 0.05) is 42.9 Å². The molecule has 41 heavy (non-hydrogen) atoms. The molecule has 2 aliphatic heterocycles. The maximum absolute atomic E-state index is 13.7. The first-order chi connectivity index (χ1) is 19.8. The van der Waals surface area contributed by atoms with Crippen molar-refractivity contribution in [3.05, 3.63) is 59.7 Å². The highest BCUT2D eigenvalue weighted by Crippen LogP contribution is 2.34. The molecule has 0 aliphatic carbocycles. The maximum atomic E-state index is 13.7. The highest BCUT2D eigenvalue weighted by Gasteiger charge is 2.22. The van der Waals surface area contributed by atoms with Crippen LogP contribution in [0.3, 0.4) is 0 Å². The number of aromatic nitrogens is 2. The molecule has 2 aliphatic rings.